The Balaban J connectivity index is 1.96. The monoisotopic (exact) mass is 269 g/mol. The maximum Gasteiger partial charge on any atom is 0.179 e. The Bertz CT molecular complexity index is 628. The zero-order valence-electron chi connectivity index (χ0n) is 11.8. The molecule has 20 heavy (non-hydrogen) atoms. The van der Waals surface area contributed by atoms with Crippen LogP contribution in [0.5, 0.6) is 5.75 Å². The fourth-order valence-electron chi connectivity index (χ4n) is 2.93. The largest absolute Gasteiger partial charge is 0.496 e. The Morgan fingerprint density at radius 2 is 1.95 bits per heavy atom. The molecule has 0 fully saturated rings. The van der Waals surface area contributed by atoms with E-state index in [9.17, 15) is 4.79 Å². The quantitative estimate of drug-likeness (QED) is 0.799. The van der Waals surface area contributed by atoms with E-state index in [1.54, 1.807) is 7.11 Å². The maximum absolute atomic E-state index is 12.3. The third-order valence-corrected chi connectivity index (χ3v) is 3.94. The molecule has 0 saturated heterocycles. The number of carbonyl (C=O) groups is 1. The van der Waals surface area contributed by atoms with Gasteiger partial charge in [0.25, 0.3) is 0 Å². The van der Waals surface area contributed by atoms with Crippen molar-refractivity contribution in [3.8, 4) is 5.75 Å². The summed E-state index contributed by atoms with van der Waals surface area (Å²) in [5, 5.41) is 0. The zero-order valence-corrected chi connectivity index (χ0v) is 11.8. The summed E-state index contributed by atoms with van der Waals surface area (Å²) < 4.78 is 7.46. The van der Waals surface area contributed by atoms with E-state index in [0.717, 1.165) is 36.3 Å². The summed E-state index contributed by atoms with van der Waals surface area (Å²) in [6.45, 7) is 0.686. The number of aryl methyl sites for hydroxylation is 1. The maximum atomic E-state index is 12.3. The molecule has 0 spiro atoms. The molecule has 1 aliphatic carbocycles. The zero-order chi connectivity index (χ0) is 13.9. The van der Waals surface area contributed by atoms with Gasteiger partial charge in [-0.2, -0.15) is 0 Å². The molecule has 1 aromatic carbocycles. The van der Waals surface area contributed by atoms with E-state index < -0.39 is 0 Å². The van der Waals surface area contributed by atoms with Crippen molar-refractivity contribution >= 4 is 5.78 Å². The van der Waals surface area contributed by atoms with Gasteiger partial charge in [-0.05, 0) is 37.0 Å². The van der Waals surface area contributed by atoms with Crippen molar-refractivity contribution in [3.63, 3.8) is 0 Å². The highest BCUT2D eigenvalue weighted by molar-refractivity contribution is 5.96. The van der Waals surface area contributed by atoms with Gasteiger partial charge in [0, 0.05) is 18.2 Å². The van der Waals surface area contributed by atoms with Gasteiger partial charge in [-0.15, -0.1) is 0 Å². The molecule has 1 aromatic heterocycles. The van der Waals surface area contributed by atoms with Crippen LogP contribution in [0, 0.1) is 0 Å². The fraction of sp³-hybridized carbons (Fsp3) is 0.353. The molecule has 0 unspecified atom stereocenters. The number of nitrogens with zero attached hydrogens (tertiary/aromatic N) is 1. The van der Waals surface area contributed by atoms with Gasteiger partial charge in [-0.25, -0.2) is 0 Å². The average Bonchev–Trinajstić information content (AvgIpc) is 2.77. The first kappa shape index (κ1) is 13.0. The predicted molar refractivity (Wildman–Crippen MR) is 78.4 cm³/mol. The Hall–Kier alpha value is -2.03. The normalized spacial score (nSPS) is 14.8. The standard InChI is InChI=1S/C17H19NO2/c1-20-16-9-5-3-7-14(16)12-18-11-10-13-6-2-4-8-15(19)17(13)18/h3,5,7,9-11H,2,4,6,8,12H2,1H3. The van der Waals surface area contributed by atoms with Gasteiger partial charge in [0.15, 0.2) is 5.78 Å². The number of ether oxygens (including phenoxy) is 1. The molecule has 104 valence electrons. The van der Waals surface area contributed by atoms with E-state index >= 15 is 0 Å². The minimum Gasteiger partial charge on any atom is -0.496 e. The molecule has 0 saturated carbocycles. The van der Waals surface area contributed by atoms with E-state index in [4.69, 9.17) is 4.74 Å². The van der Waals surface area contributed by atoms with Crippen LogP contribution in [0.15, 0.2) is 36.5 Å². The highest BCUT2D eigenvalue weighted by Gasteiger charge is 2.20. The lowest BCUT2D eigenvalue weighted by Gasteiger charge is -2.12. The van der Waals surface area contributed by atoms with Crippen molar-refractivity contribution < 1.29 is 9.53 Å². The van der Waals surface area contributed by atoms with Crippen molar-refractivity contribution in [2.75, 3.05) is 7.11 Å². The van der Waals surface area contributed by atoms with E-state index in [1.807, 2.05) is 30.5 Å². The summed E-state index contributed by atoms with van der Waals surface area (Å²) in [7, 11) is 1.68. The Labute approximate surface area is 119 Å². The lowest BCUT2D eigenvalue weighted by Crippen LogP contribution is -2.10. The minimum atomic E-state index is 0.275. The number of benzene rings is 1. The molecular weight excluding hydrogens is 250 g/mol. The molecule has 1 aliphatic rings. The number of hydrogen-bond acceptors (Lipinski definition) is 2. The van der Waals surface area contributed by atoms with E-state index in [1.165, 1.54) is 5.56 Å². The fourth-order valence-corrected chi connectivity index (χ4v) is 2.93. The van der Waals surface area contributed by atoms with Crippen LogP contribution in [0.25, 0.3) is 0 Å². The van der Waals surface area contributed by atoms with E-state index in [-0.39, 0.29) is 5.78 Å². The number of carbonyl (C=O) groups excluding carboxylic acids is 1. The molecule has 3 nitrogen and oxygen atoms in total. The van der Waals surface area contributed by atoms with Crippen LogP contribution in [0.1, 0.15) is 40.9 Å². The topological polar surface area (TPSA) is 31.2 Å². The second-order valence-corrected chi connectivity index (χ2v) is 5.26. The molecule has 0 radical (unpaired) electrons. The van der Waals surface area contributed by atoms with Crippen molar-refractivity contribution in [2.45, 2.75) is 32.2 Å². The van der Waals surface area contributed by atoms with Gasteiger partial charge in [-0.3, -0.25) is 4.79 Å². The average molecular weight is 269 g/mol. The lowest BCUT2D eigenvalue weighted by atomic mass is 10.1. The summed E-state index contributed by atoms with van der Waals surface area (Å²) in [6.07, 6.45) is 5.82. The first-order valence-electron chi connectivity index (χ1n) is 7.12. The first-order valence-corrected chi connectivity index (χ1v) is 7.12. The summed E-state index contributed by atoms with van der Waals surface area (Å²) in [4.78, 5) is 12.3. The van der Waals surface area contributed by atoms with Crippen LogP contribution >= 0.6 is 0 Å². The van der Waals surface area contributed by atoms with Gasteiger partial charge in [0.2, 0.25) is 0 Å². The summed E-state index contributed by atoms with van der Waals surface area (Å²) in [5.41, 5.74) is 3.20. The van der Waals surface area contributed by atoms with Gasteiger partial charge >= 0.3 is 0 Å². The molecule has 0 aliphatic heterocycles. The lowest BCUT2D eigenvalue weighted by molar-refractivity contribution is 0.0973. The molecular formula is C17H19NO2. The number of ketones is 1. The van der Waals surface area contributed by atoms with Crippen LogP contribution < -0.4 is 4.74 Å². The molecule has 0 N–H and O–H groups in total. The van der Waals surface area contributed by atoms with Gasteiger partial charge in [0.1, 0.15) is 5.75 Å². The molecule has 1 heterocycles. The van der Waals surface area contributed by atoms with E-state index in [0.29, 0.717) is 13.0 Å². The number of methoxy groups -OCH3 is 1. The first-order chi connectivity index (χ1) is 9.79. The van der Waals surface area contributed by atoms with Crippen LogP contribution in [0.4, 0.5) is 0 Å². The van der Waals surface area contributed by atoms with Gasteiger partial charge in [-0.1, -0.05) is 18.2 Å². The number of aromatic nitrogens is 1. The van der Waals surface area contributed by atoms with Crippen molar-refractivity contribution in [2.24, 2.45) is 0 Å². The number of rotatable bonds is 3. The van der Waals surface area contributed by atoms with Crippen LogP contribution in [-0.4, -0.2) is 17.5 Å². The highest BCUT2D eigenvalue weighted by Crippen LogP contribution is 2.25. The molecule has 0 bridgehead atoms. The number of para-hydroxylation sites is 1. The van der Waals surface area contributed by atoms with Crippen molar-refractivity contribution in [3.05, 3.63) is 53.3 Å². The summed E-state index contributed by atoms with van der Waals surface area (Å²) in [5.74, 6) is 1.15. The number of hydrogen-bond donors (Lipinski definition) is 0. The van der Waals surface area contributed by atoms with Crippen molar-refractivity contribution in [1.82, 2.24) is 4.57 Å². The van der Waals surface area contributed by atoms with Gasteiger partial charge in [0.05, 0.1) is 19.3 Å². The molecule has 0 atom stereocenters. The van der Waals surface area contributed by atoms with Gasteiger partial charge < -0.3 is 9.30 Å². The molecule has 3 rings (SSSR count). The van der Waals surface area contributed by atoms with Crippen LogP contribution in [-0.2, 0) is 13.0 Å². The summed E-state index contributed by atoms with van der Waals surface area (Å²) >= 11 is 0. The van der Waals surface area contributed by atoms with Crippen LogP contribution in [0.2, 0.25) is 0 Å². The smallest absolute Gasteiger partial charge is 0.179 e. The van der Waals surface area contributed by atoms with E-state index in [2.05, 4.69) is 10.6 Å². The third-order valence-electron chi connectivity index (χ3n) is 3.94. The second kappa shape index (κ2) is 5.53. The Morgan fingerprint density at radius 1 is 1.15 bits per heavy atom. The molecule has 0 amide bonds. The molecule has 3 heteroatoms. The van der Waals surface area contributed by atoms with Crippen molar-refractivity contribution in [1.29, 1.82) is 0 Å². The second-order valence-electron chi connectivity index (χ2n) is 5.26. The third kappa shape index (κ3) is 2.36. The predicted octanol–water partition coefficient (Wildman–Crippen LogP) is 3.45. The summed E-state index contributed by atoms with van der Waals surface area (Å²) in [6, 6.07) is 10.1. The SMILES string of the molecule is COc1ccccc1Cn1ccc2c1C(=O)CCCC2. The minimum absolute atomic E-state index is 0.275. The number of fused-ring (bicyclic) bond motifs is 1. The van der Waals surface area contributed by atoms with Crippen LogP contribution in [0.3, 0.4) is 0 Å². The number of Topliss-reactive ketones (excluding diaryl/α,β-unsaturated/α-hetero) is 1. The Morgan fingerprint density at radius 3 is 2.80 bits per heavy atom. The molecule has 2 aromatic rings. The Kier molecular flexibility index (Phi) is 3.59. The highest BCUT2D eigenvalue weighted by atomic mass is 16.5.